The molecule has 20 heavy (non-hydrogen) atoms. The summed E-state index contributed by atoms with van der Waals surface area (Å²) in [5, 5.41) is 1.92. The van der Waals surface area contributed by atoms with Crippen molar-refractivity contribution in [3.63, 3.8) is 0 Å². The van der Waals surface area contributed by atoms with E-state index in [2.05, 4.69) is 15.0 Å². The Morgan fingerprint density at radius 3 is 2.70 bits per heavy atom. The number of methoxy groups -OCH3 is 1. The number of ether oxygens (including phenoxy) is 1. The molecule has 2 heterocycles. The molecule has 0 aliphatic heterocycles. The minimum Gasteiger partial charge on any atom is -0.497 e. The van der Waals surface area contributed by atoms with E-state index in [4.69, 9.17) is 16.2 Å². The van der Waals surface area contributed by atoms with E-state index in [0.717, 1.165) is 16.5 Å². The molecule has 0 spiro atoms. The van der Waals surface area contributed by atoms with Gasteiger partial charge in [-0.3, -0.25) is 4.98 Å². The molecule has 6 nitrogen and oxygen atoms in total. The Morgan fingerprint density at radius 1 is 1.05 bits per heavy atom. The molecule has 0 atom stereocenters. The van der Waals surface area contributed by atoms with Crippen molar-refractivity contribution < 1.29 is 4.74 Å². The third-order valence-electron chi connectivity index (χ3n) is 3.03. The number of hydrogen-bond donors (Lipinski definition) is 2. The molecule has 0 saturated carbocycles. The first-order chi connectivity index (χ1) is 9.69. The number of nitrogen functional groups attached to an aromatic ring is 2. The van der Waals surface area contributed by atoms with E-state index in [1.54, 1.807) is 13.3 Å². The Hall–Kier alpha value is -2.89. The third-order valence-corrected chi connectivity index (χ3v) is 3.03. The number of nitrogens with two attached hydrogens (primary N) is 2. The highest BCUT2D eigenvalue weighted by molar-refractivity contribution is 5.96. The van der Waals surface area contributed by atoms with E-state index in [-0.39, 0.29) is 5.95 Å². The normalized spacial score (nSPS) is 10.7. The van der Waals surface area contributed by atoms with Gasteiger partial charge in [0.25, 0.3) is 0 Å². The van der Waals surface area contributed by atoms with Crippen molar-refractivity contribution in [1.82, 2.24) is 15.0 Å². The number of fused-ring (bicyclic) bond motifs is 1. The first-order valence-corrected chi connectivity index (χ1v) is 6.00. The third kappa shape index (κ3) is 1.97. The summed E-state index contributed by atoms with van der Waals surface area (Å²) in [6.07, 6.45) is 3.19. The van der Waals surface area contributed by atoms with Crippen molar-refractivity contribution in [3.8, 4) is 17.1 Å². The molecule has 100 valence electrons. The second-order valence-electron chi connectivity index (χ2n) is 4.28. The van der Waals surface area contributed by atoms with Crippen molar-refractivity contribution in [1.29, 1.82) is 0 Å². The number of aromatic nitrogens is 3. The van der Waals surface area contributed by atoms with Crippen molar-refractivity contribution in [2.45, 2.75) is 0 Å². The fourth-order valence-electron chi connectivity index (χ4n) is 2.06. The molecule has 0 amide bonds. The quantitative estimate of drug-likeness (QED) is 0.735. The Labute approximate surface area is 115 Å². The van der Waals surface area contributed by atoms with Gasteiger partial charge in [-0.15, -0.1) is 0 Å². The Kier molecular flexibility index (Phi) is 2.83. The van der Waals surface area contributed by atoms with Gasteiger partial charge in [0.1, 0.15) is 11.4 Å². The van der Waals surface area contributed by atoms with Crippen LogP contribution in [0.15, 0.2) is 36.7 Å². The van der Waals surface area contributed by atoms with Crippen molar-refractivity contribution in [2.75, 3.05) is 18.6 Å². The van der Waals surface area contributed by atoms with Gasteiger partial charge in [-0.25, -0.2) is 9.97 Å². The Morgan fingerprint density at radius 2 is 1.90 bits per heavy atom. The van der Waals surface area contributed by atoms with Crippen molar-refractivity contribution in [3.05, 3.63) is 36.7 Å². The van der Waals surface area contributed by atoms with E-state index in [1.165, 1.54) is 6.20 Å². The maximum atomic E-state index is 5.93. The zero-order chi connectivity index (χ0) is 14.1. The summed E-state index contributed by atoms with van der Waals surface area (Å²) >= 11 is 0. The molecule has 0 aliphatic rings. The zero-order valence-corrected chi connectivity index (χ0v) is 10.9. The van der Waals surface area contributed by atoms with Gasteiger partial charge >= 0.3 is 0 Å². The van der Waals surface area contributed by atoms with Gasteiger partial charge in [0, 0.05) is 11.6 Å². The van der Waals surface area contributed by atoms with Crippen LogP contribution in [0, 0.1) is 0 Å². The Balaban J connectivity index is 2.32. The molecular formula is C14H13N5O. The van der Waals surface area contributed by atoms with Crippen LogP contribution in [0.1, 0.15) is 0 Å². The lowest BCUT2D eigenvalue weighted by molar-refractivity contribution is 0.415. The molecule has 0 bridgehead atoms. The minimum absolute atomic E-state index is 0.163. The number of hydrogen-bond acceptors (Lipinski definition) is 6. The molecule has 0 fully saturated rings. The fraction of sp³-hybridized carbons (Fsp3) is 0.0714. The lowest BCUT2D eigenvalue weighted by Gasteiger charge is -2.09. The van der Waals surface area contributed by atoms with Gasteiger partial charge in [-0.2, -0.15) is 0 Å². The van der Waals surface area contributed by atoms with Crippen LogP contribution in [-0.4, -0.2) is 22.1 Å². The molecule has 0 aliphatic carbocycles. The van der Waals surface area contributed by atoms with Crippen LogP contribution in [0.2, 0.25) is 0 Å². The summed E-state index contributed by atoms with van der Waals surface area (Å²) in [5.74, 6) is 0.906. The second kappa shape index (κ2) is 4.65. The van der Waals surface area contributed by atoms with E-state index in [9.17, 15) is 0 Å². The van der Waals surface area contributed by atoms with Gasteiger partial charge in [-0.05, 0) is 23.6 Å². The molecule has 4 N–H and O–H groups in total. The van der Waals surface area contributed by atoms with Gasteiger partial charge in [0.15, 0.2) is 0 Å². The maximum Gasteiger partial charge on any atom is 0.220 e. The van der Waals surface area contributed by atoms with Crippen LogP contribution in [0.25, 0.3) is 22.2 Å². The first-order valence-electron chi connectivity index (χ1n) is 6.00. The van der Waals surface area contributed by atoms with Crippen LogP contribution in [0.3, 0.4) is 0 Å². The van der Waals surface area contributed by atoms with Gasteiger partial charge in [0.2, 0.25) is 5.95 Å². The smallest absolute Gasteiger partial charge is 0.220 e. The van der Waals surface area contributed by atoms with E-state index in [1.807, 2.05) is 24.3 Å². The topological polar surface area (TPSA) is 99.9 Å². The van der Waals surface area contributed by atoms with Gasteiger partial charge in [-0.1, -0.05) is 6.07 Å². The summed E-state index contributed by atoms with van der Waals surface area (Å²) in [6.45, 7) is 0. The molecule has 3 rings (SSSR count). The second-order valence-corrected chi connectivity index (χ2v) is 4.28. The molecule has 3 aromatic rings. The molecule has 1 aromatic carbocycles. The average Bonchev–Trinajstić information content (AvgIpc) is 2.48. The number of benzene rings is 1. The molecule has 0 saturated heterocycles. The molecule has 0 unspecified atom stereocenters. The van der Waals surface area contributed by atoms with Crippen LogP contribution >= 0.6 is 0 Å². The zero-order valence-electron chi connectivity index (χ0n) is 10.9. The largest absolute Gasteiger partial charge is 0.497 e. The molecular weight excluding hydrogens is 254 g/mol. The van der Waals surface area contributed by atoms with Gasteiger partial charge in [0.05, 0.1) is 24.7 Å². The summed E-state index contributed by atoms with van der Waals surface area (Å²) in [5.41, 5.74) is 13.2. The Bertz CT molecular complexity index is 788. The summed E-state index contributed by atoms with van der Waals surface area (Å²) in [6, 6.07) is 7.66. The predicted octanol–water partition coefficient (Wildman–Crippen LogP) is 1.86. The maximum absolute atomic E-state index is 5.93. The lowest BCUT2D eigenvalue weighted by atomic mass is 10.1. The van der Waals surface area contributed by atoms with E-state index >= 15 is 0 Å². The monoisotopic (exact) mass is 267 g/mol. The van der Waals surface area contributed by atoms with Crippen LogP contribution in [-0.2, 0) is 0 Å². The highest BCUT2D eigenvalue weighted by Crippen LogP contribution is 2.31. The highest BCUT2D eigenvalue weighted by Gasteiger charge is 2.12. The summed E-state index contributed by atoms with van der Waals surface area (Å²) < 4.78 is 5.25. The van der Waals surface area contributed by atoms with Crippen molar-refractivity contribution >= 4 is 22.4 Å². The summed E-state index contributed by atoms with van der Waals surface area (Å²) in [4.78, 5) is 12.4. The molecule has 6 heteroatoms. The van der Waals surface area contributed by atoms with Gasteiger partial charge < -0.3 is 16.2 Å². The molecule has 0 radical (unpaired) electrons. The van der Waals surface area contributed by atoms with E-state index < -0.39 is 0 Å². The average molecular weight is 267 g/mol. The number of anilines is 2. The van der Waals surface area contributed by atoms with Crippen LogP contribution < -0.4 is 16.2 Å². The SMILES string of the molecule is COc1ccc2ccnc(-c3nc(N)ncc3N)c2c1. The van der Waals surface area contributed by atoms with E-state index in [0.29, 0.717) is 17.1 Å². The number of pyridine rings is 1. The van der Waals surface area contributed by atoms with Crippen molar-refractivity contribution in [2.24, 2.45) is 0 Å². The van der Waals surface area contributed by atoms with Crippen LogP contribution in [0.4, 0.5) is 11.6 Å². The number of rotatable bonds is 2. The predicted molar refractivity (Wildman–Crippen MR) is 78.1 cm³/mol. The first kappa shape index (κ1) is 12.2. The molecule has 2 aromatic heterocycles. The lowest BCUT2D eigenvalue weighted by Crippen LogP contribution is -2.02. The highest BCUT2D eigenvalue weighted by atomic mass is 16.5. The standard InChI is InChI=1S/C14H13N5O/c1-20-9-3-2-8-4-5-17-12(10(8)6-9)13-11(15)7-18-14(16)19-13/h2-7H,15H2,1H3,(H2,16,18,19). The summed E-state index contributed by atoms with van der Waals surface area (Å²) in [7, 11) is 1.62. The fourth-order valence-corrected chi connectivity index (χ4v) is 2.06. The van der Waals surface area contributed by atoms with Crippen LogP contribution in [0.5, 0.6) is 5.75 Å². The minimum atomic E-state index is 0.163. The number of nitrogens with zero attached hydrogens (tertiary/aromatic N) is 3.